The largest absolute Gasteiger partial charge is 0.469 e. The quantitative estimate of drug-likeness (QED) is 0.718. The van der Waals surface area contributed by atoms with E-state index < -0.39 is 0 Å². The van der Waals surface area contributed by atoms with Gasteiger partial charge in [-0.25, -0.2) is 9.97 Å². The molecule has 24 heavy (non-hydrogen) atoms. The summed E-state index contributed by atoms with van der Waals surface area (Å²) in [7, 11) is 1.32. The fourth-order valence-corrected chi connectivity index (χ4v) is 2.36. The summed E-state index contributed by atoms with van der Waals surface area (Å²) in [4.78, 5) is 35.9. The Balaban J connectivity index is 1.97. The monoisotopic (exact) mass is 327 g/mol. The highest BCUT2D eigenvalue weighted by atomic mass is 16.5. The van der Waals surface area contributed by atoms with Gasteiger partial charge in [-0.15, -0.1) is 0 Å². The van der Waals surface area contributed by atoms with Gasteiger partial charge in [0.05, 0.1) is 20.1 Å². The minimum Gasteiger partial charge on any atom is -0.469 e. The molecule has 1 aliphatic heterocycles. The van der Waals surface area contributed by atoms with Crippen LogP contribution in [0.3, 0.4) is 0 Å². The van der Waals surface area contributed by atoms with Crippen LogP contribution in [-0.4, -0.2) is 41.6 Å². The maximum absolute atomic E-state index is 12.0. The van der Waals surface area contributed by atoms with Crippen LogP contribution in [0.4, 0.5) is 0 Å². The third kappa shape index (κ3) is 5.22. The molecule has 0 aromatic carbocycles. The van der Waals surface area contributed by atoms with Crippen LogP contribution in [-0.2, 0) is 14.3 Å². The maximum atomic E-state index is 12.0. The molecule has 0 radical (unpaired) electrons. The molecule has 6 heteroatoms. The Labute approximate surface area is 141 Å². The van der Waals surface area contributed by atoms with Crippen molar-refractivity contribution in [2.45, 2.75) is 26.2 Å². The fraction of sp³-hybridized carbons (Fsp3) is 0.389. The molecule has 0 saturated heterocycles. The molecule has 1 aliphatic rings. The first kappa shape index (κ1) is 17.7. The third-order valence-corrected chi connectivity index (χ3v) is 3.81. The second kappa shape index (κ2) is 8.86. The van der Waals surface area contributed by atoms with Gasteiger partial charge >= 0.3 is 5.97 Å². The number of hydrogen-bond acceptors (Lipinski definition) is 6. The van der Waals surface area contributed by atoms with E-state index in [1.807, 2.05) is 19.1 Å². The minimum absolute atomic E-state index is 0.0534. The molecule has 1 aromatic rings. The molecule has 2 rings (SSSR count). The number of carbonyl (C=O) groups excluding carboxylic acids is 2. The molecule has 0 fully saturated rings. The van der Waals surface area contributed by atoms with Crippen LogP contribution in [0.1, 0.15) is 32.0 Å². The highest BCUT2D eigenvalue weighted by Gasteiger charge is 2.15. The average molecular weight is 327 g/mol. The normalized spacial score (nSPS) is 15.1. The summed E-state index contributed by atoms with van der Waals surface area (Å²) >= 11 is 0. The number of aliphatic imine (C=N–C) groups is 1. The van der Waals surface area contributed by atoms with Crippen molar-refractivity contribution in [1.82, 2.24) is 9.97 Å². The number of methoxy groups -OCH3 is 1. The van der Waals surface area contributed by atoms with Gasteiger partial charge in [0.15, 0.2) is 5.82 Å². The Kier molecular flexibility index (Phi) is 6.54. The van der Waals surface area contributed by atoms with Crippen LogP contribution in [0, 0.1) is 5.92 Å². The summed E-state index contributed by atoms with van der Waals surface area (Å²) in [6.45, 7) is 2.54. The molecule has 0 aliphatic carbocycles. The van der Waals surface area contributed by atoms with E-state index in [4.69, 9.17) is 0 Å². The number of ether oxygens (including phenoxy) is 1. The molecule has 2 heterocycles. The second-order valence-corrected chi connectivity index (χ2v) is 5.63. The van der Waals surface area contributed by atoms with Gasteiger partial charge in [-0.3, -0.25) is 14.6 Å². The second-order valence-electron chi connectivity index (χ2n) is 5.63. The van der Waals surface area contributed by atoms with Crippen molar-refractivity contribution in [2.75, 3.05) is 13.7 Å². The van der Waals surface area contributed by atoms with Crippen LogP contribution in [0.5, 0.6) is 0 Å². The summed E-state index contributed by atoms with van der Waals surface area (Å²) in [6.07, 6.45) is 9.78. The molecule has 0 N–H and O–H groups in total. The lowest BCUT2D eigenvalue weighted by Gasteiger charge is -2.12. The number of rotatable bonds is 7. The highest BCUT2D eigenvalue weighted by molar-refractivity contribution is 6.09. The summed E-state index contributed by atoms with van der Waals surface area (Å²) in [5.74, 6) is 0.391. The first-order valence-electron chi connectivity index (χ1n) is 7.86. The van der Waals surface area contributed by atoms with Crippen molar-refractivity contribution >= 4 is 23.5 Å². The van der Waals surface area contributed by atoms with Crippen LogP contribution in [0.15, 0.2) is 41.2 Å². The van der Waals surface area contributed by atoms with E-state index >= 15 is 0 Å². The topological polar surface area (TPSA) is 81.5 Å². The molecule has 1 unspecified atom stereocenters. The molecule has 1 atom stereocenters. The zero-order valence-electron chi connectivity index (χ0n) is 13.9. The van der Waals surface area contributed by atoms with E-state index in [-0.39, 0.29) is 30.5 Å². The van der Waals surface area contributed by atoms with Crippen LogP contribution in [0.2, 0.25) is 0 Å². The zero-order valence-corrected chi connectivity index (χ0v) is 13.9. The Hall–Kier alpha value is -2.63. The van der Waals surface area contributed by atoms with Gasteiger partial charge in [-0.1, -0.05) is 13.0 Å². The molecule has 0 bridgehead atoms. The summed E-state index contributed by atoms with van der Waals surface area (Å²) in [6, 6.07) is 1.77. The van der Waals surface area contributed by atoms with Gasteiger partial charge in [0.2, 0.25) is 0 Å². The first-order chi connectivity index (χ1) is 11.6. The molecule has 0 saturated carbocycles. The van der Waals surface area contributed by atoms with E-state index in [0.29, 0.717) is 18.8 Å². The fourth-order valence-electron chi connectivity index (χ4n) is 2.36. The molecule has 1 aromatic heterocycles. The van der Waals surface area contributed by atoms with Crippen LogP contribution in [0.25, 0.3) is 5.57 Å². The first-order valence-corrected chi connectivity index (χ1v) is 7.86. The molecule has 6 nitrogen and oxygen atoms in total. The van der Waals surface area contributed by atoms with Crippen LogP contribution < -0.4 is 0 Å². The summed E-state index contributed by atoms with van der Waals surface area (Å²) in [5.41, 5.74) is 1.92. The van der Waals surface area contributed by atoms with Gasteiger partial charge < -0.3 is 4.74 Å². The predicted molar refractivity (Wildman–Crippen MR) is 91.5 cm³/mol. The van der Waals surface area contributed by atoms with Gasteiger partial charge in [-0.2, -0.15) is 0 Å². The Morgan fingerprint density at radius 3 is 2.67 bits per heavy atom. The highest BCUT2D eigenvalue weighted by Crippen LogP contribution is 2.20. The van der Waals surface area contributed by atoms with Crippen molar-refractivity contribution < 1.29 is 14.3 Å². The number of nitrogens with zero attached hydrogens (tertiary/aromatic N) is 3. The van der Waals surface area contributed by atoms with Crippen molar-refractivity contribution in [3.63, 3.8) is 0 Å². The lowest BCUT2D eigenvalue weighted by molar-refractivity contribution is -0.142. The lowest BCUT2D eigenvalue weighted by atomic mass is 9.93. The van der Waals surface area contributed by atoms with Crippen molar-refractivity contribution in [3.8, 4) is 0 Å². The van der Waals surface area contributed by atoms with Crippen molar-refractivity contribution in [1.29, 1.82) is 0 Å². The van der Waals surface area contributed by atoms with Crippen LogP contribution >= 0.6 is 0 Å². The summed E-state index contributed by atoms with van der Waals surface area (Å²) in [5, 5.41) is 0. The van der Waals surface area contributed by atoms with E-state index in [2.05, 4.69) is 19.7 Å². The van der Waals surface area contributed by atoms with Gasteiger partial charge in [0.1, 0.15) is 5.78 Å². The van der Waals surface area contributed by atoms with Gasteiger partial charge in [-0.05, 0) is 23.6 Å². The number of Topliss-reactive ketones (excluding diaryl/α,β-unsaturated/α-hetero) is 1. The predicted octanol–water partition coefficient (Wildman–Crippen LogP) is 2.42. The van der Waals surface area contributed by atoms with E-state index in [0.717, 1.165) is 11.1 Å². The van der Waals surface area contributed by atoms with E-state index in [9.17, 15) is 9.59 Å². The molecular weight excluding hydrogens is 306 g/mol. The van der Waals surface area contributed by atoms with Gasteiger partial charge in [0.25, 0.3) is 0 Å². The lowest BCUT2D eigenvalue weighted by Crippen LogP contribution is -2.11. The number of allylic oxidation sites excluding steroid dienone is 3. The summed E-state index contributed by atoms with van der Waals surface area (Å²) < 4.78 is 4.55. The maximum Gasteiger partial charge on any atom is 0.305 e. The zero-order chi connectivity index (χ0) is 17.4. The number of esters is 1. The average Bonchev–Trinajstić information content (AvgIpc) is 2.86. The SMILES string of the molecule is COC(=O)CCC(=O)CC(C)C1=CC=C(c2ncccn2)C=NC1. The molecule has 0 amide bonds. The Morgan fingerprint density at radius 2 is 1.96 bits per heavy atom. The van der Waals surface area contributed by atoms with Gasteiger partial charge in [0, 0.05) is 37.0 Å². The Bertz CT molecular complexity index is 678. The molecule has 0 spiro atoms. The third-order valence-electron chi connectivity index (χ3n) is 3.81. The van der Waals surface area contributed by atoms with E-state index in [1.54, 1.807) is 24.7 Å². The molecule has 126 valence electrons. The Morgan fingerprint density at radius 1 is 1.21 bits per heavy atom. The smallest absolute Gasteiger partial charge is 0.305 e. The minimum atomic E-state index is -0.357. The number of carbonyl (C=O) groups is 2. The van der Waals surface area contributed by atoms with E-state index in [1.165, 1.54) is 7.11 Å². The number of ketones is 1. The van der Waals surface area contributed by atoms with Crippen molar-refractivity contribution in [2.24, 2.45) is 10.9 Å². The molecular formula is C18H21N3O3. The number of aromatic nitrogens is 2. The number of hydrogen-bond donors (Lipinski definition) is 0. The van der Waals surface area contributed by atoms with Crippen molar-refractivity contribution in [3.05, 3.63) is 42.0 Å². The standard InChI is InChI=1S/C18H21N3O3/c1-13(10-16(22)6-7-17(23)24-2)14-4-5-15(12-19-11-14)18-20-8-3-9-21-18/h3-5,8-9,12-13H,6-7,10-11H2,1-2H3.